The van der Waals surface area contributed by atoms with Gasteiger partial charge in [0.15, 0.2) is 0 Å². The number of aryl methyl sites for hydroxylation is 1. The highest BCUT2D eigenvalue weighted by Gasteiger charge is 2.04. The van der Waals surface area contributed by atoms with E-state index in [-0.39, 0.29) is 0 Å². The number of aromatic nitrogens is 2. The average molecular weight is 266 g/mol. The number of halogens is 1. The first kappa shape index (κ1) is 10.4. The van der Waals surface area contributed by atoms with Crippen molar-refractivity contribution in [3.8, 4) is 5.69 Å². The fourth-order valence-corrected chi connectivity index (χ4v) is 1.83. The van der Waals surface area contributed by atoms with Gasteiger partial charge in [-0.1, -0.05) is 22.0 Å². The maximum atomic E-state index is 5.61. The second-order valence-electron chi connectivity index (χ2n) is 3.37. The van der Waals surface area contributed by atoms with Crippen LogP contribution in [-0.4, -0.2) is 9.78 Å². The third-order valence-corrected chi connectivity index (χ3v) is 2.79. The molecule has 0 aliphatic heterocycles. The molecule has 0 aliphatic carbocycles. The van der Waals surface area contributed by atoms with E-state index in [0.29, 0.717) is 6.54 Å². The molecule has 1 aromatic carbocycles. The Morgan fingerprint density at radius 3 is 2.87 bits per heavy atom. The number of benzene rings is 1. The Morgan fingerprint density at radius 2 is 2.27 bits per heavy atom. The average Bonchev–Trinajstić information content (AvgIpc) is 2.60. The summed E-state index contributed by atoms with van der Waals surface area (Å²) in [5.41, 5.74) is 8.71. The minimum atomic E-state index is 0.528. The molecular formula is C11H12BrN3. The van der Waals surface area contributed by atoms with Crippen LogP contribution in [0.15, 0.2) is 34.9 Å². The smallest absolute Gasteiger partial charge is 0.0657 e. The summed E-state index contributed by atoms with van der Waals surface area (Å²) in [6.07, 6.45) is 1.97. The van der Waals surface area contributed by atoms with Gasteiger partial charge in [-0.05, 0) is 25.1 Å². The molecule has 78 valence electrons. The van der Waals surface area contributed by atoms with Crippen molar-refractivity contribution in [2.45, 2.75) is 13.5 Å². The molecule has 1 aromatic heterocycles. The lowest BCUT2D eigenvalue weighted by Gasteiger charge is -2.00. The summed E-state index contributed by atoms with van der Waals surface area (Å²) in [7, 11) is 0. The third-order valence-electron chi connectivity index (χ3n) is 2.29. The van der Waals surface area contributed by atoms with Crippen molar-refractivity contribution in [2.75, 3.05) is 0 Å². The molecule has 3 nitrogen and oxygen atoms in total. The molecule has 0 fully saturated rings. The summed E-state index contributed by atoms with van der Waals surface area (Å²) < 4.78 is 2.89. The molecule has 15 heavy (non-hydrogen) atoms. The topological polar surface area (TPSA) is 43.8 Å². The summed E-state index contributed by atoms with van der Waals surface area (Å²) in [5, 5.41) is 4.41. The Balaban J connectivity index is 2.45. The first-order valence-corrected chi connectivity index (χ1v) is 5.51. The lowest BCUT2D eigenvalue weighted by atomic mass is 10.3. The van der Waals surface area contributed by atoms with Gasteiger partial charge in [-0.2, -0.15) is 5.10 Å². The molecule has 4 heteroatoms. The van der Waals surface area contributed by atoms with E-state index in [1.165, 1.54) is 0 Å². The van der Waals surface area contributed by atoms with Crippen LogP contribution in [0.2, 0.25) is 0 Å². The van der Waals surface area contributed by atoms with Crippen molar-refractivity contribution < 1.29 is 0 Å². The molecule has 1 heterocycles. The van der Waals surface area contributed by atoms with Crippen LogP contribution in [0.5, 0.6) is 0 Å². The van der Waals surface area contributed by atoms with Gasteiger partial charge in [0.05, 0.1) is 11.4 Å². The molecule has 0 saturated carbocycles. The summed E-state index contributed by atoms with van der Waals surface area (Å²) in [5.74, 6) is 0. The van der Waals surface area contributed by atoms with E-state index < -0.39 is 0 Å². The molecule has 0 amide bonds. The highest BCUT2D eigenvalue weighted by molar-refractivity contribution is 9.10. The third kappa shape index (κ3) is 2.11. The van der Waals surface area contributed by atoms with E-state index in [1.54, 1.807) is 0 Å². The molecule has 0 spiro atoms. The maximum absolute atomic E-state index is 5.61. The van der Waals surface area contributed by atoms with Gasteiger partial charge in [0, 0.05) is 22.8 Å². The van der Waals surface area contributed by atoms with Gasteiger partial charge >= 0.3 is 0 Å². The molecule has 2 N–H and O–H groups in total. The van der Waals surface area contributed by atoms with E-state index in [0.717, 1.165) is 21.4 Å². The zero-order valence-electron chi connectivity index (χ0n) is 8.44. The number of nitrogens with two attached hydrogens (primary N) is 1. The van der Waals surface area contributed by atoms with Gasteiger partial charge in [-0.25, -0.2) is 4.68 Å². The summed E-state index contributed by atoms with van der Waals surface area (Å²) >= 11 is 3.44. The van der Waals surface area contributed by atoms with Gasteiger partial charge in [-0.3, -0.25) is 0 Å². The van der Waals surface area contributed by atoms with Crippen molar-refractivity contribution in [3.05, 3.63) is 46.2 Å². The maximum Gasteiger partial charge on any atom is 0.0657 e. The Kier molecular flexibility index (Phi) is 2.88. The Morgan fingerprint density at radius 1 is 1.47 bits per heavy atom. The highest BCUT2D eigenvalue weighted by Crippen LogP contribution is 2.16. The van der Waals surface area contributed by atoms with E-state index in [1.807, 2.05) is 42.1 Å². The zero-order valence-corrected chi connectivity index (χ0v) is 10.0. The zero-order chi connectivity index (χ0) is 10.8. The van der Waals surface area contributed by atoms with Crippen molar-refractivity contribution in [1.29, 1.82) is 0 Å². The molecule has 0 bridgehead atoms. The van der Waals surface area contributed by atoms with Crippen LogP contribution in [0.1, 0.15) is 11.3 Å². The van der Waals surface area contributed by atoms with Crippen LogP contribution in [0.25, 0.3) is 5.69 Å². The van der Waals surface area contributed by atoms with Crippen molar-refractivity contribution in [3.63, 3.8) is 0 Å². The summed E-state index contributed by atoms with van der Waals surface area (Å²) in [6.45, 7) is 2.50. The molecule has 0 atom stereocenters. The first-order valence-electron chi connectivity index (χ1n) is 4.72. The fraction of sp³-hybridized carbons (Fsp3) is 0.182. The predicted molar refractivity (Wildman–Crippen MR) is 63.9 cm³/mol. The van der Waals surface area contributed by atoms with Gasteiger partial charge in [-0.15, -0.1) is 0 Å². The molecular weight excluding hydrogens is 254 g/mol. The van der Waals surface area contributed by atoms with Gasteiger partial charge < -0.3 is 5.73 Å². The molecule has 2 aromatic rings. The first-order chi connectivity index (χ1) is 7.20. The van der Waals surface area contributed by atoms with Gasteiger partial charge in [0.1, 0.15) is 0 Å². The predicted octanol–water partition coefficient (Wildman–Crippen LogP) is 2.40. The molecule has 0 radical (unpaired) electrons. The minimum absolute atomic E-state index is 0.528. The van der Waals surface area contributed by atoms with Crippen LogP contribution in [0.3, 0.4) is 0 Å². The van der Waals surface area contributed by atoms with Crippen LogP contribution in [0, 0.1) is 6.92 Å². The van der Waals surface area contributed by atoms with E-state index in [4.69, 9.17) is 5.73 Å². The van der Waals surface area contributed by atoms with Crippen LogP contribution >= 0.6 is 15.9 Å². The van der Waals surface area contributed by atoms with Gasteiger partial charge in [0.25, 0.3) is 0 Å². The Labute approximate surface area is 97.0 Å². The monoisotopic (exact) mass is 265 g/mol. The lowest BCUT2D eigenvalue weighted by Crippen LogP contribution is -1.96. The van der Waals surface area contributed by atoms with Crippen LogP contribution < -0.4 is 5.73 Å². The summed E-state index contributed by atoms with van der Waals surface area (Å²) in [6, 6.07) is 8.01. The van der Waals surface area contributed by atoms with E-state index in [2.05, 4.69) is 21.0 Å². The molecule has 2 rings (SSSR count). The van der Waals surface area contributed by atoms with Crippen LogP contribution in [0.4, 0.5) is 0 Å². The van der Waals surface area contributed by atoms with Crippen LogP contribution in [-0.2, 0) is 6.54 Å². The van der Waals surface area contributed by atoms with E-state index in [9.17, 15) is 0 Å². The molecule has 0 saturated heterocycles. The fourth-order valence-electron chi connectivity index (χ4n) is 1.45. The second kappa shape index (κ2) is 4.16. The second-order valence-corrected chi connectivity index (χ2v) is 4.28. The highest BCUT2D eigenvalue weighted by atomic mass is 79.9. The normalized spacial score (nSPS) is 10.6. The summed E-state index contributed by atoms with van der Waals surface area (Å²) in [4.78, 5) is 0. The lowest BCUT2D eigenvalue weighted by molar-refractivity contribution is 0.862. The number of nitrogens with zero attached hydrogens (tertiary/aromatic N) is 2. The standard InChI is InChI=1S/C11H12BrN3/c1-8-9(6-13)7-15(14-8)11-4-2-3-10(12)5-11/h2-5,7H,6,13H2,1H3. The quantitative estimate of drug-likeness (QED) is 0.907. The SMILES string of the molecule is Cc1nn(-c2cccc(Br)c2)cc1CN. The largest absolute Gasteiger partial charge is 0.326 e. The van der Waals surface area contributed by atoms with Crippen molar-refractivity contribution in [2.24, 2.45) is 5.73 Å². The van der Waals surface area contributed by atoms with Crippen molar-refractivity contribution >= 4 is 15.9 Å². The number of hydrogen-bond acceptors (Lipinski definition) is 2. The van der Waals surface area contributed by atoms with Crippen molar-refractivity contribution in [1.82, 2.24) is 9.78 Å². The Hall–Kier alpha value is -1.13. The number of hydrogen-bond donors (Lipinski definition) is 1. The van der Waals surface area contributed by atoms with E-state index >= 15 is 0 Å². The number of rotatable bonds is 2. The molecule has 0 unspecified atom stereocenters. The molecule has 0 aliphatic rings. The minimum Gasteiger partial charge on any atom is -0.326 e. The van der Waals surface area contributed by atoms with Gasteiger partial charge in [0.2, 0.25) is 0 Å². The Bertz CT molecular complexity index is 476.